The lowest BCUT2D eigenvalue weighted by Crippen LogP contribution is -2.15. The van der Waals surface area contributed by atoms with E-state index in [0.717, 1.165) is 44.8 Å². The molecule has 12 rings (SSSR count). The summed E-state index contributed by atoms with van der Waals surface area (Å²) >= 11 is 3.80. The summed E-state index contributed by atoms with van der Waals surface area (Å²) in [6, 6.07) is 68.0. The molecule has 0 spiro atoms. The standard InChI is InChI=1S/C55H37N3S2/c1-55(2)44-30-37(24-26-40(44)42-31-52-53(32-45(42)55)60-51-23-12-11-22-50(51)59-52)36-25-27-49-43(29-36)41-20-9-10-21-48(41)58(49)39-19-13-18-38(28-39)54-56-46(34-14-5-3-6-15-34)33-47(57-54)35-16-7-4-8-17-35/h3-33H,1-2H3. The van der Waals surface area contributed by atoms with Crippen molar-refractivity contribution in [1.29, 1.82) is 0 Å². The Hall–Kier alpha value is -6.66. The van der Waals surface area contributed by atoms with Crippen molar-refractivity contribution < 1.29 is 0 Å². The number of rotatable bonds is 5. The maximum Gasteiger partial charge on any atom is 0.160 e. The lowest BCUT2D eigenvalue weighted by atomic mass is 9.81. The monoisotopic (exact) mass is 803 g/mol. The SMILES string of the molecule is CC1(C)c2cc(-c3ccc4c(c3)c3ccccc3n4-c3cccc(-c4nc(-c5ccccc5)cc(-c5ccccc5)n4)c3)ccc2-c2cc3c(cc21)Sc1ccccc1S3. The molecule has 8 aromatic carbocycles. The lowest BCUT2D eigenvalue weighted by molar-refractivity contribution is 0.658. The molecule has 10 aromatic rings. The van der Waals surface area contributed by atoms with E-state index in [0.29, 0.717) is 5.82 Å². The second-order valence-electron chi connectivity index (χ2n) is 16.2. The summed E-state index contributed by atoms with van der Waals surface area (Å²) in [5, 5.41) is 2.45. The summed E-state index contributed by atoms with van der Waals surface area (Å²) in [4.78, 5) is 15.7. The van der Waals surface area contributed by atoms with Crippen LogP contribution in [0.5, 0.6) is 0 Å². The Labute approximate surface area is 357 Å². The molecule has 0 N–H and O–H groups in total. The molecule has 1 aliphatic carbocycles. The highest BCUT2D eigenvalue weighted by Crippen LogP contribution is 2.56. The summed E-state index contributed by atoms with van der Waals surface area (Å²) < 4.78 is 2.38. The quantitative estimate of drug-likeness (QED) is 0.173. The van der Waals surface area contributed by atoms with Crippen LogP contribution in [0.4, 0.5) is 0 Å². The average molecular weight is 804 g/mol. The Balaban J connectivity index is 0.944. The van der Waals surface area contributed by atoms with Gasteiger partial charge >= 0.3 is 0 Å². The zero-order chi connectivity index (χ0) is 40.0. The summed E-state index contributed by atoms with van der Waals surface area (Å²) in [6.07, 6.45) is 0. The van der Waals surface area contributed by atoms with Crippen LogP contribution in [0.15, 0.2) is 208 Å². The van der Waals surface area contributed by atoms with Gasteiger partial charge in [-0.2, -0.15) is 0 Å². The molecule has 0 radical (unpaired) electrons. The van der Waals surface area contributed by atoms with Crippen LogP contribution >= 0.6 is 23.5 Å². The predicted molar refractivity (Wildman–Crippen MR) is 250 cm³/mol. The molecule has 284 valence electrons. The first-order chi connectivity index (χ1) is 29.5. The van der Waals surface area contributed by atoms with Gasteiger partial charge in [-0.05, 0) is 100 Å². The van der Waals surface area contributed by atoms with Crippen LogP contribution in [0, 0.1) is 0 Å². The molecule has 3 nitrogen and oxygen atoms in total. The van der Waals surface area contributed by atoms with Crippen molar-refractivity contribution in [2.24, 2.45) is 0 Å². The zero-order valence-corrected chi connectivity index (χ0v) is 34.7. The second-order valence-corrected chi connectivity index (χ2v) is 18.4. The normalized spacial score (nSPS) is 13.5. The maximum absolute atomic E-state index is 5.15. The number of benzene rings is 8. The Morgan fingerprint density at radius 2 is 0.983 bits per heavy atom. The topological polar surface area (TPSA) is 30.7 Å². The molecule has 0 fully saturated rings. The third kappa shape index (κ3) is 5.68. The van der Waals surface area contributed by atoms with Gasteiger partial charge in [0, 0.05) is 58.1 Å². The van der Waals surface area contributed by atoms with E-state index >= 15 is 0 Å². The molecule has 5 heteroatoms. The molecule has 0 saturated carbocycles. The number of hydrogen-bond acceptors (Lipinski definition) is 4. The molecule has 0 bridgehead atoms. The fourth-order valence-corrected chi connectivity index (χ4v) is 11.5. The average Bonchev–Trinajstić information content (AvgIpc) is 3.75. The predicted octanol–water partition coefficient (Wildman–Crippen LogP) is 15.2. The number of fused-ring (bicyclic) bond motifs is 8. The summed E-state index contributed by atoms with van der Waals surface area (Å²) in [7, 11) is 0. The van der Waals surface area contributed by atoms with Crippen molar-refractivity contribution >= 4 is 45.3 Å². The highest BCUT2D eigenvalue weighted by atomic mass is 32.2. The molecule has 3 heterocycles. The maximum atomic E-state index is 5.15. The molecule has 60 heavy (non-hydrogen) atoms. The van der Waals surface area contributed by atoms with E-state index in [1.165, 1.54) is 63.7 Å². The van der Waals surface area contributed by atoms with Gasteiger partial charge in [0.2, 0.25) is 0 Å². The highest BCUT2D eigenvalue weighted by molar-refractivity contribution is 8.05. The first kappa shape index (κ1) is 35.3. The van der Waals surface area contributed by atoms with Gasteiger partial charge in [-0.3, -0.25) is 0 Å². The first-order valence-electron chi connectivity index (χ1n) is 20.4. The smallest absolute Gasteiger partial charge is 0.160 e. The van der Waals surface area contributed by atoms with Crippen molar-refractivity contribution in [3.8, 4) is 61.8 Å². The van der Waals surface area contributed by atoms with Gasteiger partial charge in [0.15, 0.2) is 5.82 Å². The summed E-state index contributed by atoms with van der Waals surface area (Å²) in [5.74, 6) is 0.699. The van der Waals surface area contributed by atoms with E-state index < -0.39 is 0 Å². The molecule has 2 aromatic heterocycles. The number of para-hydroxylation sites is 1. The Morgan fingerprint density at radius 3 is 1.72 bits per heavy atom. The van der Waals surface area contributed by atoms with E-state index in [-0.39, 0.29) is 5.41 Å². The van der Waals surface area contributed by atoms with Crippen molar-refractivity contribution in [3.63, 3.8) is 0 Å². The van der Waals surface area contributed by atoms with Crippen LogP contribution in [-0.2, 0) is 5.41 Å². The summed E-state index contributed by atoms with van der Waals surface area (Å²) in [5.41, 5.74) is 16.1. The van der Waals surface area contributed by atoms with Gasteiger partial charge < -0.3 is 4.57 Å². The molecule has 1 aliphatic heterocycles. The molecular formula is C55H37N3S2. The second kappa shape index (κ2) is 13.7. The Kier molecular flexibility index (Phi) is 8.06. The first-order valence-corrected chi connectivity index (χ1v) is 22.0. The van der Waals surface area contributed by atoms with Crippen LogP contribution in [0.25, 0.3) is 83.6 Å². The Bertz CT molecular complexity index is 3290. The fourth-order valence-electron chi connectivity index (χ4n) is 9.24. The van der Waals surface area contributed by atoms with Gasteiger partial charge in [0.25, 0.3) is 0 Å². The number of nitrogens with zero attached hydrogens (tertiary/aromatic N) is 3. The molecule has 0 amide bonds. The van der Waals surface area contributed by atoms with Gasteiger partial charge in [0.05, 0.1) is 22.4 Å². The van der Waals surface area contributed by atoms with Gasteiger partial charge in [-0.15, -0.1) is 0 Å². The minimum absolute atomic E-state index is 0.116. The van der Waals surface area contributed by atoms with E-state index in [1.807, 2.05) is 35.7 Å². The molecule has 0 atom stereocenters. The van der Waals surface area contributed by atoms with E-state index in [1.54, 1.807) is 0 Å². The molecular weight excluding hydrogens is 767 g/mol. The lowest BCUT2D eigenvalue weighted by Gasteiger charge is -2.24. The van der Waals surface area contributed by atoms with Crippen LogP contribution < -0.4 is 0 Å². The highest BCUT2D eigenvalue weighted by Gasteiger charge is 2.37. The molecule has 2 aliphatic rings. The fraction of sp³-hybridized carbons (Fsp3) is 0.0545. The third-order valence-electron chi connectivity index (χ3n) is 12.3. The number of hydrogen-bond donors (Lipinski definition) is 0. The Morgan fingerprint density at radius 1 is 0.400 bits per heavy atom. The van der Waals surface area contributed by atoms with Gasteiger partial charge in [0.1, 0.15) is 0 Å². The third-order valence-corrected chi connectivity index (χ3v) is 14.8. The molecule has 0 saturated heterocycles. The van der Waals surface area contributed by atoms with E-state index in [2.05, 4.69) is 194 Å². The minimum Gasteiger partial charge on any atom is -0.309 e. The van der Waals surface area contributed by atoms with Crippen molar-refractivity contribution in [2.45, 2.75) is 38.8 Å². The van der Waals surface area contributed by atoms with Gasteiger partial charge in [-0.1, -0.05) is 159 Å². The van der Waals surface area contributed by atoms with E-state index in [9.17, 15) is 0 Å². The minimum atomic E-state index is -0.116. The number of aromatic nitrogens is 3. The zero-order valence-electron chi connectivity index (χ0n) is 33.1. The molecule has 0 unspecified atom stereocenters. The van der Waals surface area contributed by atoms with E-state index in [4.69, 9.17) is 9.97 Å². The largest absolute Gasteiger partial charge is 0.309 e. The van der Waals surface area contributed by atoms with Crippen LogP contribution in [0.1, 0.15) is 25.0 Å². The van der Waals surface area contributed by atoms with Crippen LogP contribution in [-0.4, -0.2) is 14.5 Å². The van der Waals surface area contributed by atoms with Crippen LogP contribution in [0.3, 0.4) is 0 Å². The van der Waals surface area contributed by atoms with Crippen LogP contribution in [0.2, 0.25) is 0 Å². The van der Waals surface area contributed by atoms with Crippen molar-refractivity contribution in [1.82, 2.24) is 14.5 Å². The summed E-state index contributed by atoms with van der Waals surface area (Å²) in [6.45, 7) is 4.78. The van der Waals surface area contributed by atoms with Gasteiger partial charge in [-0.25, -0.2) is 9.97 Å². The van der Waals surface area contributed by atoms with Crippen molar-refractivity contribution in [2.75, 3.05) is 0 Å². The van der Waals surface area contributed by atoms with Crippen molar-refractivity contribution in [3.05, 3.63) is 199 Å².